The first-order valence-corrected chi connectivity index (χ1v) is 6.86. The number of hydrogen-bond acceptors (Lipinski definition) is 5. The zero-order chi connectivity index (χ0) is 16.7. The Morgan fingerprint density at radius 2 is 1.52 bits per heavy atom. The molecule has 2 aromatic rings. The lowest BCUT2D eigenvalue weighted by Crippen LogP contribution is -2.09. The number of carbonyl (C=O) groups excluding carboxylic acids is 2. The zero-order valence-corrected chi connectivity index (χ0v) is 12.7. The number of benzene rings is 2. The fraction of sp³-hybridized carbons (Fsp3) is 0.111. The van der Waals surface area contributed by atoms with E-state index in [-0.39, 0.29) is 12.4 Å². The van der Waals surface area contributed by atoms with Crippen LogP contribution in [0.4, 0.5) is 0 Å². The molecule has 0 aromatic heterocycles. The summed E-state index contributed by atoms with van der Waals surface area (Å²) in [6.07, 6.45) is 1.20. The predicted molar refractivity (Wildman–Crippen MR) is 85.1 cm³/mol. The molecule has 0 bridgehead atoms. The summed E-state index contributed by atoms with van der Waals surface area (Å²) < 4.78 is 15.5. The van der Waals surface area contributed by atoms with Gasteiger partial charge in [0.05, 0.1) is 12.7 Å². The van der Waals surface area contributed by atoms with Crippen LogP contribution in [0.2, 0.25) is 0 Å². The maximum atomic E-state index is 12.0. The van der Waals surface area contributed by atoms with Gasteiger partial charge in [0.25, 0.3) is 0 Å². The molecule has 0 saturated carbocycles. The van der Waals surface area contributed by atoms with Crippen molar-refractivity contribution in [2.45, 2.75) is 0 Å². The van der Waals surface area contributed by atoms with Crippen molar-refractivity contribution in [1.29, 1.82) is 0 Å². The van der Waals surface area contributed by atoms with Crippen LogP contribution in [0.25, 0.3) is 0 Å². The summed E-state index contributed by atoms with van der Waals surface area (Å²) >= 11 is 0. The van der Waals surface area contributed by atoms with Crippen LogP contribution in [0.3, 0.4) is 0 Å². The maximum absolute atomic E-state index is 12.0. The average molecular weight is 312 g/mol. The van der Waals surface area contributed by atoms with Crippen molar-refractivity contribution in [3.63, 3.8) is 0 Å². The van der Waals surface area contributed by atoms with Crippen LogP contribution in [-0.2, 0) is 4.79 Å². The molecule has 0 aliphatic heterocycles. The van der Waals surface area contributed by atoms with Crippen LogP contribution in [-0.4, -0.2) is 25.5 Å². The average Bonchev–Trinajstić information content (AvgIpc) is 2.60. The van der Waals surface area contributed by atoms with E-state index >= 15 is 0 Å². The molecule has 0 amide bonds. The molecule has 0 radical (unpaired) electrons. The second kappa shape index (κ2) is 7.79. The molecule has 2 aromatic carbocycles. The first kappa shape index (κ1) is 16.3. The van der Waals surface area contributed by atoms with Crippen molar-refractivity contribution < 1.29 is 23.8 Å². The Kier molecular flexibility index (Phi) is 5.52. The SMILES string of the molecule is C=CC(=O)COc1ccc(OC(=O)c2ccc(OC)cc2)cc1. The second-order valence-corrected chi connectivity index (χ2v) is 4.55. The fourth-order valence-electron chi connectivity index (χ4n) is 1.71. The lowest BCUT2D eigenvalue weighted by Gasteiger charge is -2.07. The maximum Gasteiger partial charge on any atom is 0.343 e. The van der Waals surface area contributed by atoms with E-state index in [0.29, 0.717) is 22.8 Å². The molecule has 5 heteroatoms. The van der Waals surface area contributed by atoms with E-state index < -0.39 is 5.97 Å². The Hall–Kier alpha value is -3.08. The summed E-state index contributed by atoms with van der Waals surface area (Å²) in [5, 5.41) is 0. The summed E-state index contributed by atoms with van der Waals surface area (Å²) in [6, 6.07) is 13.0. The minimum absolute atomic E-state index is 0.0749. The second-order valence-electron chi connectivity index (χ2n) is 4.55. The van der Waals surface area contributed by atoms with Gasteiger partial charge in [-0.05, 0) is 54.6 Å². The minimum atomic E-state index is -0.469. The topological polar surface area (TPSA) is 61.8 Å². The molecule has 0 spiro atoms. The molecule has 0 heterocycles. The quantitative estimate of drug-likeness (QED) is 0.447. The Labute approximate surface area is 134 Å². The number of hydrogen-bond donors (Lipinski definition) is 0. The van der Waals surface area contributed by atoms with Gasteiger partial charge in [0.15, 0.2) is 12.4 Å². The van der Waals surface area contributed by atoms with Gasteiger partial charge in [-0.1, -0.05) is 6.58 Å². The Morgan fingerprint density at radius 1 is 0.957 bits per heavy atom. The molecule has 0 atom stereocenters. The van der Waals surface area contributed by atoms with Crippen molar-refractivity contribution in [3.8, 4) is 17.2 Å². The van der Waals surface area contributed by atoms with Crippen molar-refractivity contribution in [3.05, 3.63) is 66.7 Å². The molecule has 2 rings (SSSR count). The van der Waals surface area contributed by atoms with Gasteiger partial charge in [-0.2, -0.15) is 0 Å². The van der Waals surface area contributed by atoms with E-state index in [9.17, 15) is 9.59 Å². The predicted octanol–water partition coefficient (Wildman–Crippen LogP) is 3.05. The van der Waals surface area contributed by atoms with Gasteiger partial charge in [-0.3, -0.25) is 4.79 Å². The largest absolute Gasteiger partial charge is 0.497 e. The molecule has 0 aliphatic rings. The van der Waals surface area contributed by atoms with E-state index in [1.807, 2.05) is 0 Å². The van der Waals surface area contributed by atoms with Gasteiger partial charge in [-0.25, -0.2) is 4.79 Å². The summed E-state index contributed by atoms with van der Waals surface area (Å²) in [4.78, 5) is 23.1. The fourth-order valence-corrected chi connectivity index (χ4v) is 1.71. The van der Waals surface area contributed by atoms with E-state index in [1.165, 1.54) is 6.08 Å². The number of esters is 1. The first-order chi connectivity index (χ1) is 11.1. The van der Waals surface area contributed by atoms with E-state index in [1.54, 1.807) is 55.6 Å². The Bertz CT molecular complexity index is 686. The first-order valence-electron chi connectivity index (χ1n) is 6.86. The van der Waals surface area contributed by atoms with Crippen LogP contribution < -0.4 is 14.2 Å². The molecular formula is C18H16O5. The van der Waals surface area contributed by atoms with Crippen LogP contribution in [0.5, 0.6) is 17.2 Å². The molecule has 0 unspecified atom stereocenters. The number of carbonyl (C=O) groups is 2. The highest BCUT2D eigenvalue weighted by Crippen LogP contribution is 2.19. The Balaban J connectivity index is 1.95. The van der Waals surface area contributed by atoms with Gasteiger partial charge < -0.3 is 14.2 Å². The highest BCUT2D eigenvalue weighted by Gasteiger charge is 2.09. The van der Waals surface area contributed by atoms with Gasteiger partial charge in [0.1, 0.15) is 17.2 Å². The van der Waals surface area contributed by atoms with Crippen LogP contribution in [0, 0.1) is 0 Å². The summed E-state index contributed by atoms with van der Waals surface area (Å²) in [6.45, 7) is 3.29. The van der Waals surface area contributed by atoms with Crippen molar-refractivity contribution in [2.75, 3.05) is 13.7 Å². The summed E-state index contributed by atoms with van der Waals surface area (Å²) in [5.41, 5.74) is 0.419. The number of methoxy groups -OCH3 is 1. The molecule has 0 fully saturated rings. The van der Waals surface area contributed by atoms with Crippen LogP contribution >= 0.6 is 0 Å². The molecule has 0 N–H and O–H groups in total. The molecule has 0 saturated heterocycles. The van der Waals surface area contributed by atoms with Crippen molar-refractivity contribution in [2.24, 2.45) is 0 Å². The van der Waals surface area contributed by atoms with Gasteiger partial charge >= 0.3 is 5.97 Å². The minimum Gasteiger partial charge on any atom is -0.497 e. The summed E-state index contributed by atoms with van der Waals surface area (Å²) in [5.74, 6) is 0.873. The van der Waals surface area contributed by atoms with Gasteiger partial charge in [0, 0.05) is 0 Å². The van der Waals surface area contributed by atoms with Crippen molar-refractivity contribution in [1.82, 2.24) is 0 Å². The molecular weight excluding hydrogens is 296 g/mol. The highest BCUT2D eigenvalue weighted by molar-refractivity contribution is 5.91. The smallest absolute Gasteiger partial charge is 0.343 e. The van der Waals surface area contributed by atoms with Gasteiger partial charge in [-0.15, -0.1) is 0 Å². The molecule has 118 valence electrons. The highest BCUT2D eigenvalue weighted by atomic mass is 16.5. The van der Waals surface area contributed by atoms with E-state index in [0.717, 1.165) is 0 Å². The third kappa shape index (κ3) is 4.71. The number of rotatable bonds is 7. The zero-order valence-electron chi connectivity index (χ0n) is 12.7. The third-order valence-corrected chi connectivity index (χ3v) is 2.97. The number of ether oxygens (including phenoxy) is 3. The standard InChI is InChI=1S/C18H16O5/c1-3-14(19)12-22-16-8-10-17(11-9-16)23-18(20)13-4-6-15(21-2)7-5-13/h3-11H,1,12H2,2H3. The molecule has 5 nitrogen and oxygen atoms in total. The number of ketones is 1. The molecule has 0 aliphatic carbocycles. The third-order valence-electron chi connectivity index (χ3n) is 2.97. The normalized spacial score (nSPS) is 9.78. The lowest BCUT2D eigenvalue weighted by molar-refractivity contribution is -0.116. The van der Waals surface area contributed by atoms with Crippen molar-refractivity contribution >= 4 is 11.8 Å². The molecule has 23 heavy (non-hydrogen) atoms. The van der Waals surface area contributed by atoms with E-state index in [2.05, 4.69) is 6.58 Å². The van der Waals surface area contributed by atoms with Crippen LogP contribution in [0.1, 0.15) is 10.4 Å². The monoisotopic (exact) mass is 312 g/mol. The van der Waals surface area contributed by atoms with Gasteiger partial charge in [0.2, 0.25) is 0 Å². The van der Waals surface area contributed by atoms with E-state index in [4.69, 9.17) is 14.2 Å². The van der Waals surface area contributed by atoms with Crippen LogP contribution in [0.15, 0.2) is 61.2 Å². The lowest BCUT2D eigenvalue weighted by atomic mass is 10.2. The summed E-state index contributed by atoms with van der Waals surface area (Å²) in [7, 11) is 1.56. The Morgan fingerprint density at radius 3 is 2.09 bits per heavy atom.